The molecule has 0 N–H and O–H groups in total. The van der Waals surface area contributed by atoms with E-state index in [9.17, 15) is 9.18 Å². The predicted octanol–water partition coefficient (Wildman–Crippen LogP) is 7.93. The lowest BCUT2D eigenvalue weighted by Crippen LogP contribution is -2.42. The van der Waals surface area contributed by atoms with Crippen LogP contribution in [0.2, 0.25) is 0 Å². The number of esters is 1. The molecular formula is C30H39FO2. The molecule has 178 valence electrons. The minimum absolute atomic E-state index is 0.000413. The van der Waals surface area contributed by atoms with Gasteiger partial charge in [0.05, 0.1) is 5.92 Å². The van der Waals surface area contributed by atoms with Crippen molar-refractivity contribution >= 4 is 11.5 Å². The first-order valence-corrected chi connectivity index (χ1v) is 12.6. The van der Waals surface area contributed by atoms with Gasteiger partial charge < -0.3 is 4.74 Å². The van der Waals surface area contributed by atoms with E-state index in [2.05, 4.69) is 38.7 Å². The summed E-state index contributed by atoms with van der Waals surface area (Å²) in [5.74, 6) is 1.81. The van der Waals surface area contributed by atoms with Gasteiger partial charge in [0, 0.05) is 5.92 Å². The Hall–Kier alpha value is -2.42. The van der Waals surface area contributed by atoms with Gasteiger partial charge in [-0.1, -0.05) is 87.8 Å². The molecule has 3 aliphatic rings. The SMILES string of the molecule is C=C\C(=C/C=C(C)/C=C/C1C2CCCCC2CC2C(=O)OC(C)C21)c1cccc(F)c1.CC. The van der Waals surface area contributed by atoms with Crippen LogP contribution in [0.3, 0.4) is 0 Å². The minimum Gasteiger partial charge on any atom is -0.462 e. The largest absolute Gasteiger partial charge is 0.462 e. The highest BCUT2D eigenvalue weighted by Crippen LogP contribution is 2.53. The zero-order chi connectivity index (χ0) is 24.0. The summed E-state index contributed by atoms with van der Waals surface area (Å²) in [6.07, 6.45) is 16.4. The zero-order valence-electron chi connectivity index (χ0n) is 20.6. The fourth-order valence-electron chi connectivity index (χ4n) is 6.08. The van der Waals surface area contributed by atoms with Gasteiger partial charge in [0.2, 0.25) is 0 Å². The predicted molar refractivity (Wildman–Crippen MR) is 135 cm³/mol. The fourth-order valence-corrected chi connectivity index (χ4v) is 6.08. The molecule has 1 heterocycles. The molecule has 3 fully saturated rings. The Morgan fingerprint density at radius 2 is 1.94 bits per heavy atom. The summed E-state index contributed by atoms with van der Waals surface area (Å²) in [6, 6.07) is 6.57. The van der Waals surface area contributed by atoms with E-state index >= 15 is 0 Å². The average Bonchev–Trinajstić information content (AvgIpc) is 3.11. The lowest BCUT2D eigenvalue weighted by Gasteiger charge is -2.45. The Morgan fingerprint density at radius 3 is 2.67 bits per heavy atom. The van der Waals surface area contributed by atoms with Gasteiger partial charge in [0.15, 0.2) is 0 Å². The topological polar surface area (TPSA) is 26.3 Å². The molecule has 0 bridgehead atoms. The van der Waals surface area contributed by atoms with E-state index in [1.165, 1.54) is 37.8 Å². The van der Waals surface area contributed by atoms with Crippen molar-refractivity contribution in [3.8, 4) is 0 Å². The maximum atomic E-state index is 13.6. The van der Waals surface area contributed by atoms with Crippen LogP contribution in [0.1, 0.15) is 65.4 Å². The molecule has 6 unspecified atom stereocenters. The van der Waals surface area contributed by atoms with Crippen molar-refractivity contribution in [2.75, 3.05) is 0 Å². The van der Waals surface area contributed by atoms with E-state index in [0.717, 1.165) is 23.1 Å². The van der Waals surface area contributed by atoms with E-state index in [1.54, 1.807) is 12.1 Å². The van der Waals surface area contributed by atoms with Crippen LogP contribution in [-0.2, 0) is 9.53 Å². The van der Waals surface area contributed by atoms with Crippen LogP contribution in [0.25, 0.3) is 5.57 Å². The van der Waals surface area contributed by atoms with Gasteiger partial charge in [-0.2, -0.15) is 0 Å². The van der Waals surface area contributed by atoms with E-state index in [-0.39, 0.29) is 23.8 Å². The van der Waals surface area contributed by atoms with Gasteiger partial charge in [0.1, 0.15) is 11.9 Å². The molecule has 0 radical (unpaired) electrons. The standard InChI is InChI=1S/C28H33FO2.C2H6/c1-4-20(21-9-7-10-23(29)16-21)14-12-18(2)13-15-25-24-11-6-5-8-22(24)17-26-27(25)19(3)31-28(26)30;1-2/h4,7,9-10,12-16,19,22,24-27H,1,5-6,8,11,17H2,2-3H3;1-2H3/b15-13+,18-12+,20-14+;. The van der Waals surface area contributed by atoms with Crippen molar-refractivity contribution in [1.82, 2.24) is 0 Å². The van der Waals surface area contributed by atoms with E-state index in [0.29, 0.717) is 23.7 Å². The maximum absolute atomic E-state index is 13.6. The highest BCUT2D eigenvalue weighted by atomic mass is 19.1. The van der Waals surface area contributed by atoms with Crippen LogP contribution >= 0.6 is 0 Å². The molecular weight excluding hydrogens is 411 g/mol. The first kappa shape index (κ1) is 25.2. The Labute approximate surface area is 199 Å². The molecule has 2 saturated carbocycles. The minimum atomic E-state index is -0.248. The van der Waals surface area contributed by atoms with Crippen molar-refractivity contribution < 1.29 is 13.9 Å². The lowest BCUT2D eigenvalue weighted by molar-refractivity contribution is -0.144. The molecule has 0 spiro atoms. The van der Waals surface area contributed by atoms with Gasteiger partial charge in [0.25, 0.3) is 0 Å². The van der Waals surface area contributed by atoms with Crippen LogP contribution < -0.4 is 0 Å². The number of hydrogen-bond acceptors (Lipinski definition) is 2. The molecule has 3 heteroatoms. The Bertz CT molecular complexity index is 925. The highest BCUT2D eigenvalue weighted by Gasteiger charge is 2.53. The summed E-state index contributed by atoms with van der Waals surface area (Å²) >= 11 is 0. The number of allylic oxidation sites excluding steroid dienone is 7. The lowest BCUT2D eigenvalue weighted by atomic mass is 9.57. The fraction of sp³-hybridized carbons (Fsp3) is 0.500. The molecule has 1 saturated heterocycles. The Balaban J connectivity index is 0.00000149. The van der Waals surface area contributed by atoms with E-state index in [1.807, 2.05) is 26.0 Å². The van der Waals surface area contributed by atoms with Gasteiger partial charge in [-0.05, 0) is 67.7 Å². The third kappa shape index (κ3) is 5.75. The normalized spacial score (nSPS) is 31.8. The first-order chi connectivity index (χ1) is 16.0. The number of cyclic esters (lactones) is 1. The smallest absolute Gasteiger partial charge is 0.309 e. The number of carbonyl (C=O) groups is 1. The summed E-state index contributed by atoms with van der Waals surface area (Å²) in [4.78, 5) is 12.4. The Kier molecular flexibility index (Phi) is 8.88. The summed E-state index contributed by atoms with van der Waals surface area (Å²) in [7, 11) is 0. The van der Waals surface area contributed by atoms with Crippen molar-refractivity contribution in [2.45, 2.75) is 65.9 Å². The van der Waals surface area contributed by atoms with Crippen molar-refractivity contribution in [1.29, 1.82) is 0 Å². The molecule has 1 aromatic carbocycles. The van der Waals surface area contributed by atoms with Crippen molar-refractivity contribution in [2.24, 2.45) is 29.6 Å². The molecule has 33 heavy (non-hydrogen) atoms. The number of carbonyl (C=O) groups excluding carboxylic acids is 1. The second kappa shape index (κ2) is 11.6. The Morgan fingerprint density at radius 1 is 1.18 bits per heavy atom. The van der Waals surface area contributed by atoms with E-state index < -0.39 is 0 Å². The molecule has 6 atom stereocenters. The molecule has 2 aliphatic carbocycles. The third-order valence-electron chi connectivity index (χ3n) is 7.56. The number of halogens is 1. The molecule has 0 amide bonds. The number of benzene rings is 1. The van der Waals surface area contributed by atoms with Crippen LogP contribution in [0.5, 0.6) is 0 Å². The molecule has 1 aliphatic heterocycles. The maximum Gasteiger partial charge on any atom is 0.309 e. The van der Waals surface area contributed by atoms with Gasteiger partial charge in [-0.25, -0.2) is 4.39 Å². The molecule has 1 aromatic rings. The second-order valence-electron chi connectivity index (χ2n) is 9.45. The van der Waals surface area contributed by atoms with Gasteiger partial charge in [-0.3, -0.25) is 4.79 Å². The molecule has 0 aromatic heterocycles. The first-order valence-electron chi connectivity index (χ1n) is 12.6. The molecule has 4 rings (SSSR count). The van der Waals surface area contributed by atoms with Crippen LogP contribution in [-0.4, -0.2) is 12.1 Å². The van der Waals surface area contributed by atoms with Gasteiger partial charge in [-0.15, -0.1) is 0 Å². The van der Waals surface area contributed by atoms with Crippen LogP contribution in [0, 0.1) is 35.4 Å². The zero-order valence-corrected chi connectivity index (χ0v) is 20.6. The second-order valence-corrected chi connectivity index (χ2v) is 9.45. The van der Waals surface area contributed by atoms with Crippen LogP contribution in [0.15, 0.2) is 66.8 Å². The summed E-state index contributed by atoms with van der Waals surface area (Å²) in [6.45, 7) is 12.0. The number of hydrogen-bond donors (Lipinski definition) is 0. The van der Waals surface area contributed by atoms with E-state index in [4.69, 9.17) is 4.74 Å². The summed E-state index contributed by atoms with van der Waals surface area (Å²) in [5.41, 5.74) is 2.84. The summed E-state index contributed by atoms with van der Waals surface area (Å²) in [5, 5.41) is 0. The average molecular weight is 451 g/mol. The quantitative estimate of drug-likeness (QED) is 0.336. The van der Waals surface area contributed by atoms with Crippen molar-refractivity contribution in [3.05, 3.63) is 78.2 Å². The summed E-state index contributed by atoms with van der Waals surface area (Å²) < 4.78 is 19.2. The number of fused-ring (bicyclic) bond motifs is 2. The highest BCUT2D eigenvalue weighted by molar-refractivity contribution is 5.76. The third-order valence-corrected chi connectivity index (χ3v) is 7.56. The monoisotopic (exact) mass is 450 g/mol. The molecule has 2 nitrogen and oxygen atoms in total. The van der Waals surface area contributed by atoms with Gasteiger partial charge >= 0.3 is 5.97 Å². The van der Waals surface area contributed by atoms with Crippen LogP contribution in [0.4, 0.5) is 4.39 Å². The number of rotatable bonds is 5. The van der Waals surface area contributed by atoms with Crippen molar-refractivity contribution in [3.63, 3.8) is 0 Å². The number of ether oxygens (including phenoxy) is 1.